The third-order valence-electron chi connectivity index (χ3n) is 2.17. The fourth-order valence-electron chi connectivity index (χ4n) is 1.46. The van der Waals surface area contributed by atoms with E-state index in [2.05, 4.69) is 30.7 Å². The Hall–Kier alpha value is -1.29. The van der Waals surface area contributed by atoms with E-state index in [9.17, 15) is 4.79 Å². The average Bonchev–Trinajstić information content (AvgIpc) is 2.24. The molecule has 4 nitrogen and oxygen atoms in total. The normalized spacial score (nSPS) is 13.5. The maximum atomic E-state index is 10.7. The molecule has 88 valence electrons. The van der Waals surface area contributed by atoms with Gasteiger partial charge in [0, 0.05) is 12.8 Å². The van der Waals surface area contributed by atoms with Crippen molar-refractivity contribution in [3.8, 4) is 0 Å². The summed E-state index contributed by atoms with van der Waals surface area (Å²) in [6.45, 7) is 8.71. The molecule has 0 aliphatic rings. The number of hydrogen-bond acceptors (Lipinski definition) is 4. The molecule has 0 bridgehead atoms. The summed E-state index contributed by atoms with van der Waals surface area (Å²) in [7, 11) is 0. The lowest BCUT2D eigenvalue weighted by atomic mass is 9.88. The van der Waals surface area contributed by atoms with Gasteiger partial charge in [-0.2, -0.15) is 0 Å². The quantitative estimate of drug-likeness (QED) is 0.734. The number of hydrogen-bond donors (Lipinski definition) is 0. The van der Waals surface area contributed by atoms with Crippen molar-refractivity contribution < 1.29 is 9.53 Å². The number of carbonyl (C=O) groups is 1. The van der Waals surface area contributed by atoms with Crippen LogP contribution in [-0.4, -0.2) is 22.9 Å². The minimum Gasteiger partial charge on any atom is -0.370 e. The van der Waals surface area contributed by atoms with Crippen molar-refractivity contribution in [2.45, 2.75) is 33.8 Å². The fourth-order valence-corrected chi connectivity index (χ4v) is 1.46. The zero-order valence-corrected chi connectivity index (χ0v) is 10.2. The van der Waals surface area contributed by atoms with Gasteiger partial charge in [0.05, 0.1) is 0 Å². The maximum absolute atomic E-state index is 10.7. The topological polar surface area (TPSA) is 52.1 Å². The van der Waals surface area contributed by atoms with Crippen LogP contribution < -0.4 is 0 Å². The second kappa shape index (κ2) is 5.16. The lowest BCUT2D eigenvalue weighted by Gasteiger charge is -2.28. The summed E-state index contributed by atoms with van der Waals surface area (Å²) in [4.78, 5) is 19.0. The SMILES string of the molecule is CCOC(c1nccc(C=O)n1)C(C)(C)C. The smallest absolute Gasteiger partial charge is 0.168 e. The van der Waals surface area contributed by atoms with E-state index < -0.39 is 0 Å². The summed E-state index contributed by atoms with van der Waals surface area (Å²) >= 11 is 0. The van der Waals surface area contributed by atoms with Crippen LogP contribution in [0.15, 0.2) is 12.3 Å². The number of aromatic nitrogens is 2. The molecule has 0 aromatic carbocycles. The van der Waals surface area contributed by atoms with Crippen molar-refractivity contribution in [1.82, 2.24) is 9.97 Å². The highest BCUT2D eigenvalue weighted by Gasteiger charge is 2.29. The van der Waals surface area contributed by atoms with E-state index >= 15 is 0 Å². The molecule has 0 aliphatic heterocycles. The van der Waals surface area contributed by atoms with Gasteiger partial charge in [-0.15, -0.1) is 0 Å². The molecule has 0 aliphatic carbocycles. The standard InChI is InChI=1S/C12H18N2O2/c1-5-16-10(12(2,3)4)11-13-7-6-9(8-15)14-11/h6-8,10H,5H2,1-4H3. The Balaban J connectivity index is 3.05. The van der Waals surface area contributed by atoms with Crippen LogP contribution in [0.25, 0.3) is 0 Å². The molecule has 1 atom stereocenters. The van der Waals surface area contributed by atoms with Gasteiger partial charge in [-0.3, -0.25) is 4.79 Å². The van der Waals surface area contributed by atoms with E-state index in [-0.39, 0.29) is 11.5 Å². The average molecular weight is 222 g/mol. The molecule has 0 spiro atoms. The first-order chi connectivity index (χ1) is 7.49. The Bertz CT molecular complexity index is 358. The highest BCUT2D eigenvalue weighted by molar-refractivity contribution is 5.71. The summed E-state index contributed by atoms with van der Waals surface area (Å²) in [5, 5.41) is 0. The van der Waals surface area contributed by atoms with Gasteiger partial charge in [-0.25, -0.2) is 9.97 Å². The van der Waals surface area contributed by atoms with Crippen LogP contribution >= 0.6 is 0 Å². The molecule has 0 radical (unpaired) electrons. The zero-order chi connectivity index (χ0) is 12.2. The van der Waals surface area contributed by atoms with Crippen LogP contribution in [0.2, 0.25) is 0 Å². The van der Waals surface area contributed by atoms with Gasteiger partial charge in [-0.1, -0.05) is 20.8 Å². The van der Waals surface area contributed by atoms with Gasteiger partial charge in [0.15, 0.2) is 12.1 Å². The summed E-state index contributed by atoms with van der Waals surface area (Å²) in [6, 6.07) is 1.59. The Morgan fingerprint density at radius 1 is 1.50 bits per heavy atom. The van der Waals surface area contributed by atoms with Crippen LogP contribution in [-0.2, 0) is 4.74 Å². The molecule has 16 heavy (non-hydrogen) atoms. The molecule has 1 unspecified atom stereocenters. The second-order valence-corrected chi connectivity index (χ2v) is 4.66. The highest BCUT2D eigenvalue weighted by Crippen LogP contribution is 2.33. The third-order valence-corrected chi connectivity index (χ3v) is 2.17. The van der Waals surface area contributed by atoms with E-state index in [1.54, 1.807) is 12.3 Å². The van der Waals surface area contributed by atoms with Crippen LogP contribution in [0.3, 0.4) is 0 Å². The van der Waals surface area contributed by atoms with E-state index in [1.165, 1.54) is 0 Å². The lowest BCUT2D eigenvalue weighted by Crippen LogP contribution is -2.23. The Morgan fingerprint density at radius 2 is 2.19 bits per heavy atom. The number of carbonyl (C=O) groups excluding carboxylic acids is 1. The van der Waals surface area contributed by atoms with Crippen molar-refractivity contribution in [1.29, 1.82) is 0 Å². The maximum Gasteiger partial charge on any atom is 0.168 e. The van der Waals surface area contributed by atoms with E-state index in [4.69, 9.17) is 4.74 Å². The van der Waals surface area contributed by atoms with Gasteiger partial charge in [-0.05, 0) is 18.4 Å². The predicted octanol–water partition coefficient (Wildman–Crippen LogP) is 2.41. The van der Waals surface area contributed by atoms with Crippen LogP contribution in [0.5, 0.6) is 0 Å². The van der Waals surface area contributed by atoms with Crippen molar-refractivity contribution >= 4 is 6.29 Å². The van der Waals surface area contributed by atoms with Crippen molar-refractivity contribution in [3.05, 3.63) is 23.8 Å². The molecule has 1 rings (SSSR count). The minimum atomic E-state index is -0.197. The second-order valence-electron chi connectivity index (χ2n) is 4.66. The third kappa shape index (κ3) is 3.10. The largest absolute Gasteiger partial charge is 0.370 e. The minimum absolute atomic E-state index is 0.0997. The van der Waals surface area contributed by atoms with Crippen LogP contribution in [0.1, 0.15) is 50.1 Å². The summed E-state index contributed by atoms with van der Waals surface area (Å²) in [5.74, 6) is 0.568. The number of aldehydes is 1. The molecule has 1 aromatic rings. The molecule has 1 heterocycles. The predicted molar refractivity (Wildman–Crippen MR) is 61.2 cm³/mol. The summed E-state index contributed by atoms with van der Waals surface area (Å²) in [6.07, 6.45) is 2.11. The number of nitrogens with zero attached hydrogens (tertiary/aromatic N) is 2. The van der Waals surface area contributed by atoms with Gasteiger partial charge in [0.2, 0.25) is 0 Å². The Labute approximate surface area is 96.1 Å². The van der Waals surface area contributed by atoms with Gasteiger partial charge < -0.3 is 4.74 Å². The molecule has 0 amide bonds. The summed E-state index contributed by atoms with van der Waals surface area (Å²) < 4.78 is 5.65. The Kier molecular flexibility index (Phi) is 4.12. The number of rotatable bonds is 4. The van der Waals surface area contributed by atoms with Crippen LogP contribution in [0, 0.1) is 5.41 Å². The van der Waals surface area contributed by atoms with E-state index in [0.29, 0.717) is 18.1 Å². The van der Waals surface area contributed by atoms with E-state index in [1.807, 2.05) is 6.92 Å². The summed E-state index contributed by atoms with van der Waals surface area (Å²) in [5.41, 5.74) is 0.288. The molecular weight excluding hydrogens is 204 g/mol. The van der Waals surface area contributed by atoms with Crippen molar-refractivity contribution in [3.63, 3.8) is 0 Å². The zero-order valence-electron chi connectivity index (χ0n) is 10.2. The first-order valence-corrected chi connectivity index (χ1v) is 5.38. The molecule has 4 heteroatoms. The fraction of sp³-hybridized carbons (Fsp3) is 0.583. The van der Waals surface area contributed by atoms with E-state index in [0.717, 1.165) is 6.29 Å². The van der Waals surface area contributed by atoms with Crippen molar-refractivity contribution in [2.24, 2.45) is 5.41 Å². The van der Waals surface area contributed by atoms with Gasteiger partial charge in [0.1, 0.15) is 11.8 Å². The number of ether oxygens (including phenoxy) is 1. The molecule has 1 aromatic heterocycles. The molecule has 0 N–H and O–H groups in total. The highest BCUT2D eigenvalue weighted by atomic mass is 16.5. The first-order valence-electron chi connectivity index (χ1n) is 5.38. The van der Waals surface area contributed by atoms with Gasteiger partial charge in [0.25, 0.3) is 0 Å². The molecule has 0 saturated carbocycles. The van der Waals surface area contributed by atoms with Crippen molar-refractivity contribution in [2.75, 3.05) is 6.61 Å². The van der Waals surface area contributed by atoms with Gasteiger partial charge >= 0.3 is 0 Å². The monoisotopic (exact) mass is 222 g/mol. The lowest BCUT2D eigenvalue weighted by molar-refractivity contribution is -0.0192. The van der Waals surface area contributed by atoms with Crippen LogP contribution in [0.4, 0.5) is 0 Å². The Morgan fingerprint density at radius 3 is 2.69 bits per heavy atom. The molecular formula is C12H18N2O2. The molecule has 0 saturated heterocycles. The first kappa shape index (κ1) is 12.8. The molecule has 0 fully saturated rings.